The zero-order valence-corrected chi connectivity index (χ0v) is 13.2. The Labute approximate surface area is 136 Å². The normalized spacial score (nSPS) is 25.7. The van der Waals surface area contributed by atoms with Crippen LogP contribution in [0.2, 0.25) is 0 Å². The summed E-state index contributed by atoms with van der Waals surface area (Å²) in [5.41, 5.74) is 1.86. The highest BCUT2D eigenvalue weighted by Crippen LogP contribution is 2.48. The first-order valence-electron chi connectivity index (χ1n) is 8.57. The molecule has 3 unspecified atom stereocenters. The highest BCUT2D eigenvalue weighted by molar-refractivity contribution is 5.79. The number of carbonyl (C=O) groups is 1. The van der Waals surface area contributed by atoms with Gasteiger partial charge in [0, 0.05) is 24.4 Å². The second-order valence-electron chi connectivity index (χ2n) is 6.83. The molecular weight excluding hydrogens is 288 g/mol. The molecule has 23 heavy (non-hydrogen) atoms. The van der Waals surface area contributed by atoms with E-state index in [2.05, 4.69) is 10.3 Å². The summed E-state index contributed by atoms with van der Waals surface area (Å²) in [5.74, 6) is 2.58. The molecule has 0 radical (unpaired) electrons. The largest absolute Gasteiger partial charge is 0.444 e. The van der Waals surface area contributed by atoms with Gasteiger partial charge in [0.25, 0.3) is 0 Å². The van der Waals surface area contributed by atoms with Crippen LogP contribution in [-0.2, 0) is 11.2 Å². The van der Waals surface area contributed by atoms with Gasteiger partial charge < -0.3 is 9.73 Å². The quantitative estimate of drug-likeness (QED) is 0.920. The molecule has 1 aromatic carbocycles. The number of amides is 1. The first-order valence-corrected chi connectivity index (χ1v) is 8.57. The third kappa shape index (κ3) is 3.03. The molecule has 2 aliphatic rings. The van der Waals surface area contributed by atoms with E-state index >= 15 is 0 Å². The topological polar surface area (TPSA) is 55.1 Å². The fourth-order valence-electron chi connectivity index (χ4n) is 4.15. The Morgan fingerprint density at radius 1 is 1.22 bits per heavy atom. The molecule has 2 aliphatic carbocycles. The molecule has 2 fully saturated rings. The van der Waals surface area contributed by atoms with E-state index < -0.39 is 0 Å². The minimum atomic E-state index is 0.240. The first-order chi connectivity index (χ1) is 11.3. The molecule has 1 heterocycles. The molecule has 4 heteroatoms. The number of fused-ring (bicyclic) bond motifs is 2. The molecule has 2 aromatic rings. The molecule has 1 aromatic heterocycles. The van der Waals surface area contributed by atoms with E-state index in [9.17, 15) is 4.79 Å². The van der Waals surface area contributed by atoms with E-state index in [-0.39, 0.29) is 11.8 Å². The van der Waals surface area contributed by atoms with Crippen LogP contribution in [0.25, 0.3) is 11.5 Å². The van der Waals surface area contributed by atoms with E-state index in [0.29, 0.717) is 24.8 Å². The zero-order valence-electron chi connectivity index (χ0n) is 13.2. The van der Waals surface area contributed by atoms with Crippen LogP contribution in [0.15, 0.2) is 41.0 Å². The minimum Gasteiger partial charge on any atom is -0.444 e. The van der Waals surface area contributed by atoms with Crippen molar-refractivity contribution in [3.63, 3.8) is 0 Å². The lowest BCUT2D eigenvalue weighted by Crippen LogP contribution is -2.34. The average molecular weight is 310 g/mol. The lowest BCUT2D eigenvalue weighted by Gasteiger charge is -2.20. The van der Waals surface area contributed by atoms with Crippen molar-refractivity contribution < 1.29 is 9.21 Å². The second-order valence-corrected chi connectivity index (χ2v) is 6.83. The van der Waals surface area contributed by atoms with E-state index in [1.54, 1.807) is 6.26 Å². The molecule has 2 bridgehead atoms. The molecule has 1 amide bonds. The number of rotatable bonds is 5. The van der Waals surface area contributed by atoms with Gasteiger partial charge in [0.2, 0.25) is 11.8 Å². The second kappa shape index (κ2) is 6.19. The Morgan fingerprint density at radius 3 is 2.83 bits per heavy atom. The van der Waals surface area contributed by atoms with E-state index in [1.807, 2.05) is 30.3 Å². The number of nitrogens with one attached hydrogen (secondary N) is 1. The van der Waals surface area contributed by atoms with Crippen molar-refractivity contribution in [3.8, 4) is 11.5 Å². The summed E-state index contributed by atoms with van der Waals surface area (Å²) in [4.78, 5) is 16.8. The lowest BCUT2D eigenvalue weighted by molar-refractivity contribution is -0.126. The van der Waals surface area contributed by atoms with Crippen LogP contribution in [0, 0.1) is 17.8 Å². The van der Waals surface area contributed by atoms with Gasteiger partial charge >= 0.3 is 0 Å². The highest BCUT2D eigenvalue weighted by atomic mass is 16.3. The Balaban J connectivity index is 1.28. The van der Waals surface area contributed by atoms with Crippen molar-refractivity contribution >= 4 is 5.91 Å². The number of aromatic nitrogens is 1. The predicted octanol–water partition coefficient (Wildman–Crippen LogP) is 3.44. The summed E-state index contributed by atoms with van der Waals surface area (Å²) >= 11 is 0. The van der Waals surface area contributed by atoms with Crippen molar-refractivity contribution in [2.24, 2.45) is 17.8 Å². The minimum absolute atomic E-state index is 0.240. The summed E-state index contributed by atoms with van der Waals surface area (Å²) in [6.45, 7) is 0.632. The van der Waals surface area contributed by atoms with Crippen molar-refractivity contribution in [1.29, 1.82) is 0 Å². The van der Waals surface area contributed by atoms with Crippen molar-refractivity contribution in [3.05, 3.63) is 42.3 Å². The van der Waals surface area contributed by atoms with Gasteiger partial charge in [-0.3, -0.25) is 4.79 Å². The maximum Gasteiger partial charge on any atom is 0.226 e. The third-order valence-corrected chi connectivity index (χ3v) is 5.33. The summed E-state index contributed by atoms with van der Waals surface area (Å²) in [7, 11) is 0. The Bertz CT molecular complexity index is 680. The van der Waals surface area contributed by atoms with Gasteiger partial charge in [-0.1, -0.05) is 24.6 Å². The maximum absolute atomic E-state index is 12.3. The summed E-state index contributed by atoms with van der Waals surface area (Å²) in [6.07, 6.45) is 7.33. The Hall–Kier alpha value is -2.10. The van der Waals surface area contributed by atoms with Crippen LogP contribution in [0.3, 0.4) is 0 Å². The van der Waals surface area contributed by atoms with Gasteiger partial charge in [0.05, 0.1) is 5.69 Å². The molecule has 0 spiro atoms. The van der Waals surface area contributed by atoms with Crippen molar-refractivity contribution in [2.45, 2.75) is 32.1 Å². The fourth-order valence-corrected chi connectivity index (χ4v) is 4.15. The van der Waals surface area contributed by atoms with Crippen LogP contribution >= 0.6 is 0 Å². The first kappa shape index (κ1) is 14.5. The molecule has 0 saturated heterocycles. The number of benzene rings is 1. The van der Waals surface area contributed by atoms with E-state index in [4.69, 9.17) is 4.42 Å². The maximum atomic E-state index is 12.3. The number of hydrogen-bond acceptors (Lipinski definition) is 3. The molecule has 4 rings (SSSR count). The lowest BCUT2D eigenvalue weighted by atomic mass is 9.88. The van der Waals surface area contributed by atoms with Crippen LogP contribution in [-0.4, -0.2) is 17.4 Å². The van der Waals surface area contributed by atoms with Gasteiger partial charge in [-0.2, -0.15) is 0 Å². The molecule has 4 nitrogen and oxygen atoms in total. The SMILES string of the molecule is O=C(NCCc1coc(-c2ccccc2)n1)C1CC2CCC1C2. The van der Waals surface area contributed by atoms with Gasteiger partial charge in [0.1, 0.15) is 6.26 Å². The van der Waals surface area contributed by atoms with Crippen LogP contribution in [0.5, 0.6) is 0 Å². The fraction of sp³-hybridized carbons (Fsp3) is 0.474. The Kier molecular flexibility index (Phi) is 3.90. The van der Waals surface area contributed by atoms with E-state index in [0.717, 1.165) is 23.6 Å². The van der Waals surface area contributed by atoms with Crippen molar-refractivity contribution in [1.82, 2.24) is 10.3 Å². The van der Waals surface area contributed by atoms with Crippen LogP contribution in [0.4, 0.5) is 0 Å². The number of nitrogens with zero attached hydrogens (tertiary/aromatic N) is 1. The number of hydrogen-bond donors (Lipinski definition) is 1. The van der Waals surface area contributed by atoms with Gasteiger partial charge in [-0.15, -0.1) is 0 Å². The van der Waals surface area contributed by atoms with Crippen LogP contribution in [0.1, 0.15) is 31.4 Å². The predicted molar refractivity (Wildman–Crippen MR) is 87.6 cm³/mol. The summed E-state index contributed by atoms with van der Waals surface area (Å²) < 4.78 is 5.52. The molecule has 120 valence electrons. The third-order valence-electron chi connectivity index (χ3n) is 5.33. The van der Waals surface area contributed by atoms with Crippen molar-refractivity contribution in [2.75, 3.05) is 6.54 Å². The number of oxazole rings is 1. The molecule has 0 aliphatic heterocycles. The van der Waals surface area contributed by atoms with Gasteiger partial charge in [0.15, 0.2) is 0 Å². The Morgan fingerprint density at radius 2 is 2.09 bits per heavy atom. The van der Waals surface area contributed by atoms with Gasteiger partial charge in [-0.25, -0.2) is 4.98 Å². The summed E-state index contributed by atoms with van der Waals surface area (Å²) in [6, 6.07) is 9.86. The standard InChI is InChI=1S/C19H22N2O2/c22-18(17-11-13-6-7-15(17)10-13)20-9-8-16-12-23-19(21-16)14-4-2-1-3-5-14/h1-5,12-13,15,17H,6-11H2,(H,20,22). The van der Waals surface area contributed by atoms with Gasteiger partial charge in [-0.05, 0) is 43.2 Å². The van der Waals surface area contributed by atoms with E-state index in [1.165, 1.54) is 19.3 Å². The average Bonchev–Trinajstić information content (AvgIpc) is 3.32. The highest BCUT2D eigenvalue weighted by Gasteiger charge is 2.42. The smallest absolute Gasteiger partial charge is 0.226 e. The monoisotopic (exact) mass is 310 g/mol. The summed E-state index contributed by atoms with van der Waals surface area (Å²) in [5, 5.41) is 3.09. The molecule has 1 N–H and O–H groups in total. The molecule has 3 atom stereocenters. The number of carbonyl (C=O) groups excluding carboxylic acids is 1. The van der Waals surface area contributed by atoms with Crippen LogP contribution < -0.4 is 5.32 Å². The molecule has 2 saturated carbocycles. The zero-order chi connectivity index (χ0) is 15.6. The molecular formula is C19H22N2O2.